The number of aromatic hydroxyl groups is 1. The highest BCUT2D eigenvalue weighted by Gasteiger charge is 2.36. The van der Waals surface area contributed by atoms with Crippen LogP contribution in [0.1, 0.15) is 41.6 Å². The molecule has 0 radical (unpaired) electrons. The number of amides is 1. The quantitative estimate of drug-likeness (QED) is 0.801. The lowest BCUT2D eigenvalue weighted by molar-refractivity contribution is 0.0951. The van der Waals surface area contributed by atoms with E-state index in [4.69, 9.17) is 0 Å². The van der Waals surface area contributed by atoms with Gasteiger partial charge in [-0.25, -0.2) is 5.43 Å². The van der Waals surface area contributed by atoms with Crippen molar-refractivity contribution in [1.29, 1.82) is 0 Å². The van der Waals surface area contributed by atoms with Crippen molar-refractivity contribution < 1.29 is 9.90 Å². The van der Waals surface area contributed by atoms with E-state index in [0.29, 0.717) is 11.5 Å². The van der Waals surface area contributed by atoms with Crippen LogP contribution in [-0.2, 0) is 0 Å². The van der Waals surface area contributed by atoms with Gasteiger partial charge < -0.3 is 5.11 Å². The van der Waals surface area contributed by atoms with Gasteiger partial charge in [0.05, 0.1) is 5.56 Å². The molecule has 2 aliphatic rings. The minimum atomic E-state index is -0.337. The fourth-order valence-corrected chi connectivity index (χ4v) is 3.19. The molecule has 4 heteroatoms. The number of fused-ring (bicyclic) bond motifs is 2. The van der Waals surface area contributed by atoms with Gasteiger partial charge in [0, 0.05) is 5.71 Å². The van der Waals surface area contributed by atoms with E-state index in [1.165, 1.54) is 19.3 Å². The maximum absolute atomic E-state index is 12.0. The molecule has 1 aromatic rings. The predicted molar refractivity (Wildman–Crippen MR) is 73.2 cm³/mol. The summed E-state index contributed by atoms with van der Waals surface area (Å²) in [6.45, 7) is 1.77. The standard InChI is InChI=1S/C15H18N2O2/c1-9-3-2-4-12(14(9)18)15(19)17-16-13-8-10-5-6-11(13)7-10/h2-4,10-11,18H,5-8H2,1H3,(H,17,19)/b16-13-. The number of phenols is 1. The third-order valence-electron chi connectivity index (χ3n) is 4.29. The van der Waals surface area contributed by atoms with Crippen LogP contribution in [0.15, 0.2) is 23.3 Å². The molecule has 1 amide bonds. The van der Waals surface area contributed by atoms with Gasteiger partial charge in [0.2, 0.25) is 0 Å². The first-order valence-electron chi connectivity index (χ1n) is 6.80. The summed E-state index contributed by atoms with van der Waals surface area (Å²) in [6, 6.07) is 5.14. The number of carbonyl (C=O) groups is 1. The van der Waals surface area contributed by atoms with Crippen molar-refractivity contribution in [3.8, 4) is 5.75 Å². The maximum Gasteiger partial charge on any atom is 0.275 e. The third kappa shape index (κ3) is 2.23. The normalized spacial score (nSPS) is 26.9. The summed E-state index contributed by atoms with van der Waals surface area (Å²) >= 11 is 0. The average molecular weight is 258 g/mol. The van der Waals surface area contributed by atoms with E-state index >= 15 is 0 Å². The summed E-state index contributed by atoms with van der Waals surface area (Å²) in [5.41, 5.74) is 4.68. The number of rotatable bonds is 2. The number of carbonyl (C=O) groups excluding carboxylic acids is 1. The predicted octanol–water partition coefficient (Wildman–Crippen LogP) is 2.61. The Hall–Kier alpha value is -1.84. The molecule has 0 heterocycles. The number of hydrazone groups is 1. The Balaban J connectivity index is 1.72. The molecule has 1 aromatic carbocycles. The Morgan fingerprint density at radius 2 is 2.26 bits per heavy atom. The van der Waals surface area contributed by atoms with Crippen LogP contribution in [-0.4, -0.2) is 16.7 Å². The fraction of sp³-hybridized carbons (Fsp3) is 0.467. The van der Waals surface area contributed by atoms with Crippen LogP contribution in [0.3, 0.4) is 0 Å². The second-order valence-electron chi connectivity index (χ2n) is 5.60. The van der Waals surface area contributed by atoms with E-state index in [1.807, 2.05) is 0 Å². The van der Waals surface area contributed by atoms with E-state index in [0.717, 1.165) is 18.1 Å². The molecular weight excluding hydrogens is 240 g/mol. The van der Waals surface area contributed by atoms with Crippen molar-refractivity contribution in [3.63, 3.8) is 0 Å². The summed E-state index contributed by atoms with van der Waals surface area (Å²) in [7, 11) is 0. The number of benzene rings is 1. The van der Waals surface area contributed by atoms with Crippen LogP contribution >= 0.6 is 0 Å². The van der Waals surface area contributed by atoms with Crippen LogP contribution in [0.4, 0.5) is 0 Å². The fourth-order valence-electron chi connectivity index (χ4n) is 3.19. The minimum absolute atomic E-state index is 0.0353. The molecule has 100 valence electrons. The molecule has 0 spiro atoms. The van der Waals surface area contributed by atoms with Gasteiger partial charge in [-0.2, -0.15) is 5.10 Å². The molecule has 2 N–H and O–H groups in total. The minimum Gasteiger partial charge on any atom is -0.507 e. The Morgan fingerprint density at radius 1 is 1.42 bits per heavy atom. The maximum atomic E-state index is 12.0. The lowest BCUT2D eigenvalue weighted by Crippen LogP contribution is -2.22. The molecule has 0 saturated heterocycles. The monoisotopic (exact) mass is 258 g/mol. The van der Waals surface area contributed by atoms with Gasteiger partial charge in [-0.3, -0.25) is 4.79 Å². The second kappa shape index (κ2) is 4.68. The van der Waals surface area contributed by atoms with Gasteiger partial charge in [0.25, 0.3) is 5.91 Å². The molecular formula is C15H18N2O2. The lowest BCUT2D eigenvalue weighted by atomic mass is 9.99. The number of aryl methyl sites for hydroxylation is 1. The highest BCUT2D eigenvalue weighted by molar-refractivity contribution is 5.98. The molecule has 2 bridgehead atoms. The molecule has 2 atom stereocenters. The zero-order valence-corrected chi connectivity index (χ0v) is 11.0. The van der Waals surface area contributed by atoms with Crippen LogP contribution < -0.4 is 5.43 Å². The molecule has 3 rings (SSSR count). The zero-order chi connectivity index (χ0) is 13.4. The molecule has 0 aliphatic heterocycles. The van der Waals surface area contributed by atoms with E-state index in [2.05, 4.69) is 10.5 Å². The summed E-state index contributed by atoms with van der Waals surface area (Å²) in [5.74, 6) is 1.04. The van der Waals surface area contributed by atoms with Crippen molar-refractivity contribution in [1.82, 2.24) is 5.43 Å². The number of nitrogens with one attached hydrogen (secondary N) is 1. The summed E-state index contributed by atoms with van der Waals surface area (Å²) in [6.07, 6.45) is 4.75. The molecule has 2 aliphatic carbocycles. The molecule has 2 saturated carbocycles. The highest BCUT2D eigenvalue weighted by Crippen LogP contribution is 2.42. The highest BCUT2D eigenvalue weighted by atomic mass is 16.3. The number of phenolic OH excluding ortho intramolecular Hbond substituents is 1. The van der Waals surface area contributed by atoms with Gasteiger partial charge in [0.15, 0.2) is 0 Å². The first-order valence-corrected chi connectivity index (χ1v) is 6.80. The summed E-state index contributed by atoms with van der Waals surface area (Å²) in [4.78, 5) is 12.0. The van der Waals surface area contributed by atoms with Gasteiger partial charge >= 0.3 is 0 Å². The molecule has 2 unspecified atom stereocenters. The molecule has 4 nitrogen and oxygen atoms in total. The number of para-hydroxylation sites is 1. The van der Waals surface area contributed by atoms with Gasteiger partial charge in [-0.05, 0) is 56.1 Å². The second-order valence-corrected chi connectivity index (χ2v) is 5.60. The van der Waals surface area contributed by atoms with Crippen molar-refractivity contribution in [2.75, 3.05) is 0 Å². The van der Waals surface area contributed by atoms with Crippen LogP contribution in [0.25, 0.3) is 0 Å². The van der Waals surface area contributed by atoms with Crippen molar-refractivity contribution in [2.24, 2.45) is 16.9 Å². The van der Waals surface area contributed by atoms with Crippen LogP contribution in [0, 0.1) is 18.8 Å². The van der Waals surface area contributed by atoms with Crippen molar-refractivity contribution in [2.45, 2.75) is 32.6 Å². The van der Waals surface area contributed by atoms with E-state index in [9.17, 15) is 9.90 Å². The summed E-state index contributed by atoms with van der Waals surface area (Å²) in [5, 5.41) is 14.1. The average Bonchev–Trinajstić information content (AvgIpc) is 3.01. The van der Waals surface area contributed by atoms with Gasteiger partial charge in [-0.15, -0.1) is 0 Å². The van der Waals surface area contributed by atoms with E-state index in [1.54, 1.807) is 25.1 Å². The van der Waals surface area contributed by atoms with Crippen molar-refractivity contribution >= 4 is 11.6 Å². The lowest BCUT2D eigenvalue weighted by Gasteiger charge is -2.12. The summed E-state index contributed by atoms with van der Waals surface area (Å²) < 4.78 is 0. The Kier molecular flexibility index (Phi) is 3.01. The Labute approximate surface area is 112 Å². The van der Waals surface area contributed by atoms with E-state index < -0.39 is 0 Å². The van der Waals surface area contributed by atoms with Crippen LogP contribution in [0.5, 0.6) is 5.75 Å². The Morgan fingerprint density at radius 3 is 2.95 bits per heavy atom. The van der Waals surface area contributed by atoms with Gasteiger partial charge in [0.1, 0.15) is 5.75 Å². The first-order chi connectivity index (χ1) is 9.15. The Bertz CT molecular complexity index is 551. The zero-order valence-electron chi connectivity index (χ0n) is 11.0. The number of hydrogen-bond donors (Lipinski definition) is 2. The largest absolute Gasteiger partial charge is 0.507 e. The number of hydrogen-bond acceptors (Lipinski definition) is 3. The van der Waals surface area contributed by atoms with Gasteiger partial charge in [-0.1, -0.05) is 12.1 Å². The molecule has 19 heavy (non-hydrogen) atoms. The topological polar surface area (TPSA) is 61.7 Å². The van der Waals surface area contributed by atoms with Crippen LogP contribution in [0.2, 0.25) is 0 Å². The number of nitrogens with zero attached hydrogens (tertiary/aromatic N) is 1. The molecule has 0 aromatic heterocycles. The molecule has 2 fully saturated rings. The third-order valence-corrected chi connectivity index (χ3v) is 4.29. The SMILES string of the molecule is Cc1cccc(C(=O)N/N=C2/CC3CCC2C3)c1O. The van der Waals surface area contributed by atoms with Crippen molar-refractivity contribution in [3.05, 3.63) is 29.3 Å². The smallest absolute Gasteiger partial charge is 0.275 e. The first kappa shape index (κ1) is 12.2. The van der Waals surface area contributed by atoms with E-state index in [-0.39, 0.29) is 17.2 Å².